The smallest absolute Gasteiger partial charge is 0.249 e. The molecule has 0 aliphatic rings. The summed E-state index contributed by atoms with van der Waals surface area (Å²) in [6.45, 7) is 6.10. The molecule has 2 unspecified atom stereocenters. The standard InChI is InChI=1S/C18H26N4O2.ClH/c1-12(2)17(18-20-15(22-24-18)10-13(3)19-4)21-16(23)11-14-8-6-5-7-9-14;/h5-9,12-13,17,19H,10-11H2,1-4H3,(H,21,23);1H. The van der Waals surface area contributed by atoms with Gasteiger partial charge >= 0.3 is 0 Å². The van der Waals surface area contributed by atoms with E-state index in [4.69, 9.17) is 4.52 Å². The maximum Gasteiger partial charge on any atom is 0.249 e. The Balaban J connectivity index is 0.00000312. The number of aromatic nitrogens is 2. The number of carbonyl (C=O) groups is 1. The molecule has 138 valence electrons. The van der Waals surface area contributed by atoms with Gasteiger partial charge in [0, 0.05) is 12.5 Å². The summed E-state index contributed by atoms with van der Waals surface area (Å²) in [5, 5.41) is 10.2. The molecule has 2 atom stereocenters. The van der Waals surface area contributed by atoms with E-state index in [9.17, 15) is 4.79 Å². The molecule has 2 aromatic rings. The van der Waals surface area contributed by atoms with Gasteiger partial charge in [-0.1, -0.05) is 49.3 Å². The zero-order valence-corrected chi connectivity index (χ0v) is 16.0. The van der Waals surface area contributed by atoms with E-state index in [0.29, 0.717) is 24.6 Å². The maximum atomic E-state index is 12.3. The summed E-state index contributed by atoms with van der Waals surface area (Å²) in [5.41, 5.74) is 0.978. The number of nitrogens with zero attached hydrogens (tertiary/aromatic N) is 2. The van der Waals surface area contributed by atoms with Crippen molar-refractivity contribution >= 4 is 18.3 Å². The van der Waals surface area contributed by atoms with E-state index in [1.54, 1.807) is 0 Å². The molecule has 1 aromatic heterocycles. The molecule has 6 nitrogen and oxygen atoms in total. The fourth-order valence-electron chi connectivity index (χ4n) is 2.37. The van der Waals surface area contributed by atoms with Gasteiger partial charge in [-0.15, -0.1) is 12.4 Å². The van der Waals surface area contributed by atoms with Crippen LogP contribution in [-0.4, -0.2) is 29.1 Å². The summed E-state index contributed by atoms with van der Waals surface area (Å²) in [4.78, 5) is 16.8. The predicted octanol–water partition coefficient (Wildman–Crippen LogP) is 2.70. The first-order valence-electron chi connectivity index (χ1n) is 8.32. The topological polar surface area (TPSA) is 80.0 Å². The molecule has 0 aliphatic carbocycles. The van der Waals surface area contributed by atoms with Crippen LogP contribution in [0.15, 0.2) is 34.9 Å². The Morgan fingerprint density at radius 3 is 2.48 bits per heavy atom. The number of hydrogen-bond donors (Lipinski definition) is 2. The van der Waals surface area contributed by atoms with E-state index < -0.39 is 0 Å². The monoisotopic (exact) mass is 366 g/mol. The van der Waals surface area contributed by atoms with E-state index in [-0.39, 0.29) is 36.3 Å². The minimum absolute atomic E-state index is 0. The highest BCUT2D eigenvalue weighted by molar-refractivity contribution is 5.85. The highest BCUT2D eigenvalue weighted by Gasteiger charge is 2.24. The van der Waals surface area contributed by atoms with Crippen molar-refractivity contribution in [2.24, 2.45) is 5.92 Å². The summed E-state index contributed by atoms with van der Waals surface area (Å²) >= 11 is 0. The van der Waals surface area contributed by atoms with Crippen LogP contribution >= 0.6 is 12.4 Å². The van der Waals surface area contributed by atoms with Crippen LogP contribution < -0.4 is 10.6 Å². The molecule has 0 saturated heterocycles. The molecule has 7 heteroatoms. The zero-order valence-electron chi connectivity index (χ0n) is 15.2. The second-order valence-corrected chi connectivity index (χ2v) is 6.39. The number of hydrogen-bond acceptors (Lipinski definition) is 5. The van der Waals surface area contributed by atoms with E-state index in [1.807, 2.05) is 51.2 Å². The molecule has 0 spiro atoms. The summed E-state index contributed by atoms with van der Waals surface area (Å²) in [6, 6.07) is 9.64. The largest absolute Gasteiger partial charge is 0.344 e. The van der Waals surface area contributed by atoms with Gasteiger partial charge in [0.15, 0.2) is 5.82 Å². The van der Waals surface area contributed by atoms with Gasteiger partial charge in [0.05, 0.1) is 6.42 Å². The molecule has 0 bridgehead atoms. The Hall–Kier alpha value is -1.92. The van der Waals surface area contributed by atoms with E-state index >= 15 is 0 Å². The van der Waals surface area contributed by atoms with Gasteiger partial charge in [0.1, 0.15) is 6.04 Å². The molecule has 1 amide bonds. The second kappa shape index (κ2) is 10.2. The first-order chi connectivity index (χ1) is 11.5. The fraction of sp³-hybridized carbons (Fsp3) is 0.500. The van der Waals surface area contributed by atoms with Crippen LogP contribution in [0.4, 0.5) is 0 Å². The van der Waals surface area contributed by atoms with Crippen molar-refractivity contribution in [1.29, 1.82) is 0 Å². The molecule has 25 heavy (non-hydrogen) atoms. The van der Waals surface area contributed by atoms with Crippen molar-refractivity contribution in [2.75, 3.05) is 7.05 Å². The van der Waals surface area contributed by atoms with Crippen molar-refractivity contribution < 1.29 is 9.32 Å². The number of rotatable bonds is 8. The van der Waals surface area contributed by atoms with Crippen molar-refractivity contribution in [3.05, 3.63) is 47.6 Å². The molecular formula is C18H27ClN4O2. The van der Waals surface area contributed by atoms with Crippen LogP contribution in [0.5, 0.6) is 0 Å². The third kappa shape index (κ3) is 6.48. The molecule has 0 aliphatic heterocycles. The molecule has 2 N–H and O–H groups in total. The van der Waals surface area contributed by atoms with Crippen molar-refractivity contribution in [3.63, 3.8) is 0 Å². The lowest BCUT2D eigenvalue weighted by atomic mass is 10.0. The number of nitrogens with one attached hydrogen (secondary N) is 2. The summed E-state index contributed by atoms with van der Waals surface area (Å²) in [5.74, 6) is 1.21. The SMILES string of the molecule is CNC(C)Cc1noc(C(NC(=O)Cc2ccccc2)C(C)C)n1.Cl. The average molecular weight is 367 g/mol. The Kier molecular flexibility index (Phi) is 8.58. The summed E-state index contributed by atoms with van der Waals surface area (Å²) in [7, 11) is 1.90. The first-order valence-corrected chi connectivity index (χ1v) is 8.32. The molecule has 0 fully saturated rings. The first kappa shape index (κ1) is 21.1. The summed E-state index contributed by atoms with van der Waals surface area (Å²) in [6.07, 6.45) is 1.02. The van der Waals surface area contributed by atoms with E-state index in [2.05, 4.69) is 27.7 Å². The molecule has 0 radical (unpaired) electrons. The summed E-state index contributed by atoms with van der Waals surface area (Å²) < 4.78 is 5.38. The lowest BCUT2D eigenvalue weighted by molar-refractivity contribution is -0.121. The second-order valence-electron chi connectivity index (χ2n) is 6.39. The maximum absolute atomic E-state index is 12.3. The predicted molar refractivity (Wildman–Crippen MR) is 99.6 cm³/mol. The Morgan fingerprint density at radius 2 is 1.88 bits per heavy atom. The third-order valence-electron chi connectivity index (χ3n) is 3.92. The Morgan fingerprint density at radius 1 is 1.20 bits per heavy atom. The molecule has 1 heterocycles. The number of carbonyl (C=O) groups excluding carboxylic acids is 1. The van der Waals surface area contributed by atoms with Crippen LogP contribution in [-0.2, 0) is 17.6 Å². The minimum Gasteiger partial charge on any atom is -0.344 e. The zero-order chi connectivity index (χ0) is 17.5. The minimum atomic E-state index is -0.285. The number of benzene rings is 1. The van der Waals surface area contributed by atoms with Crippen molar-refractivity contribution in [1.82, 2.24) is 20.8 Å². The van der Waals surface area contributed by atoms with Gasteiger partial charge in [-0.25, -0.2) is 0 Å². The van der Waals surface area contributed by atoms with Crippen LogP contribution in [0, 0.1) is 5.92 Å². The Bertz CT molecular complexity index is 646. The van der Waals surface area contributed by atoms with Gasteiger partial charge in [-0.3, -0.25) is 4.79 Å². The van der Waals surface area contributed by atoms with E-state index in [1.165, 1.54) is 0 Å². The highest BCUT2D eigenvalue weighted by Crippen LogP contribution is 2.20. The Labute approximate surface area is 155 Å². The molecule has 0 saturated carbocycles. The van der Waals surface area contributed by atoms with Gasteiger partial charge in [0.25, 0.3) is 0 Å². The van der Waals surface area contributed by atoms with Gasteiger partial charge in [-0.2, -0.15) is 4.98 Å². The van der Waals surface area contributed by atoms with Gasteiger partial charge in [-0.05, 0) is 25.5 Å². The number of halogens is 1. The third-order valence-corrected chi connectivity index (χ3v) is 3.92. The van der Waals surface area contributed by atoms with Gasteiger partial charge < -0.3 is 15.2 Å². The van der Waals surface area contributed by atoms with Crippen molar-refractivity contribution in [3.8, 4) is 0 Å². The highest BCUT2D eigenvalue weighted by atomic mass is 35.5. The molecule has 1 aromatic carbocycles. The van der Waals surface area contributed by atoms with Crippen LogP contribution in [0.3, 0.4) is 0 Å². The number of likely N-dealkylation sites (N-methyl/N-ethyl adjacent to an activating group) is 1. The quantitative estimate of drug-likeness (QED) is 0.750. The van der Waals surface area contributed by atoms with Crippen molar-refractivity contribution in [2.45, 2.75) is 45.7 Å². The van der Waals surface area contributed by atoms with Crippen LogP contribution in [0.2, 0.25) is 0 Å². The lowest BCUT2D eigenvalue weighted by Crippen LogP contribution is -2.33. The normalized spacial score (nSPS) is 13.2. The lowest BCUT2D eigenvalue weighted by Gasteiger charge is -2.18. The number of amides is 1. The van der Waals surface area contributed by atoms with Gasteiger partial charge in [0.2, 0.25) is 11.8 Å². The fourth-order valence-corrected chi connectivity index (χ4v) is 2.37. The van der Waals surface area contributed by atoms with Crippen LogP contribution in [0.25, 0.3) is 0 Å². The van der Waals surface area contributed by atoms with E-state index in [0.717, 1.165) is 5.56 Å². The molecular weight excluding hydrogens is 340 g/mol. The van der Waals surface area contributed by atoms with Crippen LogP contribution in [0.1, 0.15) is 44.1 Å². The molecule has 2 rings (SSSR count). The average Bonchev–Trinajstić information content (AvgIpc) is 3.01.